The van der Waals surface area contributed by atoms with Gasteiger partial charge in [-0.3, -0.25) is 4.79 Å². The van der Waals surface area contributed by atoms with Gasteiger partial charge in [-0.1, -0.05) is 6.07 Å². The van der Waals surface area contributed by atoms with E-state index >= 15 is 0 Å². The highest BCUT2D eigenvalue weighted by molar-refractivity contribution is 6.04. The van der Waals surface area contributed by atoms with Crippen LogP contribution in [0.3, 0.4) is 0 Å². The summed E-state index contributed by atoms with van der Waals surface area (Å²) in [5.41, 5.74) is 2.75. The first kappa shape index (κ1) is 22.2. The van der Waals surface area contributed by atoms with E-state index < -0.39 is 17.6 Å². The van der Waals surface area contributed by atoms with Crippen molar-refractivity contribution in [2.24, 2.45) is 0 Å². The first-order chi connectivity index (χ1) is 14.7. The van der Waals surface area contributed by atoms with E-state index in [9.17, 15) is 18.0 Å². The van der Waals surface area contributed by atoms with Gasteiger partial charge in [-0.05, 0) is 79.6 Å². The Morgan fingerprint density at radius 1 is 0.935 bits per heavy atom. The lowest BCUT2D eigenvalue weighted by Gasteiger charge is -2.13. The number of rotatable bonds is 6. The summed E-state index contributed by atoms with van der Waals surface area (Å²) in [4.78, 5) is 12.6. The van der Waals surface area contributed by atoms with E-state index in [2.05, 4.69) is 5.32 Å². The summed E-state index contributed by atoms with van der Waals surface area (Å²) in [5, 5.41) is 2.60. The average molecular weight is 429 g/mol. The smallest absolute Gasteiger partial charge is 0.416 e. The first-order valence-electron chi connectivity index (χ1n) is 9.53. The van der Waals surface area contributed by atoms with Gasteiger partial charge in [0.15, 0.2) is 0 Å². The molecule has 31 heavy (non-hydrogen) atoms. The van der Waals surface area contributed by atoms with Crippen LogP contribution in [0.25, 0.3) is 0 Å². The van der Waals surface area contributed by atoms with E-state index in [1.165, 1.54) is 19.2 Å². The molecule has 0 unspecified atom stereocenters. The highest BCUT2D eigenvalue weighted by Gasteiger charge is 2.30. The van der Waals surface area contributed by atoms with Crippen LogP contribution in [0, 0.1) is 13.8 Å². The highest BCUT2D eigenvalue weighted by Crippen LogP contribution is 2.30. The minimum Gasteiger partial charge on any atom is -0.496 e. The van der Waals surface area contributed by atoms with Crippen molar-refractivity contribution in [2.45, 2.75) is 26.6 Å². The van der Waals surface area contributed by atoms with Crippen LogP contribution in [0.1, 0.15) is 32.6 Å². The summed E-state index contributed by atoms with van der Waals surface area (Å²) in [6.07, 6.45) is -4.43. The second-order valence-electron chi connectivity index (χ2n) is 7.09. The molecule has 162 valence electrons. The highest BCUT2D eigenvalue weighted by atomic mass is 19.4. The van der Waals surface area contributed by atoms with Crippen LogP contribution in [0.15, 0.2) is 60.7 Å². The van der Waals surface area contributed by atoms with E-state index in [0.717, 1.165) is 23.3 Å². The van der Waals surface area contributed by atoms with Crippen molar-refractivity contribution in [1.82, 2.24) is 0 Å². The fourth-order valence-corrected chi connectivity index (χ4v) is 2.94. The van der Waals surface area contributed by atoms with Gasteiger partial charge in [0, 0.05) is 16.8 Å². The monoisotopic (exact) mass is 429 g/mol. The van der Waals surface area contributed by atoms with Gasteiger partial charge in [0.2, 0.25) is 0 Å². The van der Waals surface area contributed by atoms with Gasteiger partial charge in [0.1, 0.15) is 18.1 Å². The third-order valence-electron chi connectivity index (χ3n) is 4.89. The number of hydrogen-bond acceptors (Lipinski definition) is 3. The lowest BCUT2D eigenvalue weighted by molar-refractivity contribution is -0.137. The van der Waals surface area contributed by atoms with Crippen LogP contribution in [0.2, 0.25) is 0 Å². The summed E-state index contributed by atoms with van der Waals surface area (Å²) < 4.78 is 49.3. The Morgan fingerprint density at radius 3 is 2.26 bits per heavy atom. The Labute approximate surface area is 178 Å². The molecule has 0 saturated carbocycles. The number of aryl methyl sites for hydroxylation is 2. The van der Waals surface area contributed by atoms with Crippen LogP contribution < -0.4 is 14.8 Å². The Balaban J connectivity index is 1.74. The van der Waals surface area contributed by atoms with Gasteiger partial charge in [0.25, 0.3) is 5.91 Å². The number of nitrogens with one attached hydrogen (secondary N) is 1. The summed E-state index contributed by atoms with van der Waals surface area (Å²) in [5.74, 6) is 0.814. The standard InChI is InChI=1S/C24H22F3NO3/c1-15-4-10-21(12-16(15)2)31-14-18-13-17(5-11-22(18)30-3)23(29)28-20-8-6-19(7-9-20)24(25,26)27/h4-13H,14H2,1-3H3,(H,28,29). The third-order valence-corrected chi connectivity index (χ3v) is 4.89. The van der Waals surface area contributed by atoms with Gasteiger partial charge in [-0.25, -0.2) is 0 Å². The molecule has 0 saturated heterocycles. The van der Waals surface area contributed by atoms with Gasteiger partial charge in [0.05, 0.1) is 12.7 Å². The van der Waals surface area contributed by atoms with E-state index in [1.54, 1.807) is 18.2 Å². The zero-order chi connectivity index (χ0) is 22.6. The molecule has 1 N–H and O–H groups in total. The molecule has 7 heteroatoms. The number of methoxy groups -OCH3 is 1. The fourth-order valence-electron chi connectivity index (χ4n) is 2.94. The van der Waals surface area contributed by atoms with E-state index in [4.69, 9.17) is 9.47 Å². The van der Waals surface area contributed by atoms with Crippen LogP contribution in [0.5, 0.6) is 11.5 Å². The molecule has 0 fully saturated rings. The quantitative estimate of drug-likeness (QED) is 0.510. The maximum Gasteiger partial charge on any atom is 0.416 e. The number of anilines is 1. The van der Waals surface area contributed by atoms with E-state index in [0.29, 0.717) is 22.6 Å². The number of benzene rings is 3. The maximum absolute atomic E-state index is 12.7. The van der Waals surface area contributed by atoms with Gasteiger partial charge >= 0.3 is 6.18 Å². The average Bonchev–Trinajstić information content (AvgIpc) is 2.74. The number of halogens is 3. The zero-order valence-corrected chi connectivity index (χ0v) is 17.3. The minimum absolute atomic E-state index is 0.188. The van der Waals surface area contributed by atoms with Gasteiger partial charge < -0.3 is 14.8 Å². The van der Waals surface area contributed by atoms with Crippen LogP contribution >= 0.6 is 0 Å². The molecule has 0 aliphatic heterocycles. The molecule has 1 amide bonds. The Kier molecular flexibility index (Phi) is 6.53. The maximum atomic E-state index is 12.7. The Hall–Kier alpha value is -3.48. The van der Waals surface area contributed by atoms with Crippen LogP contribution in [-0.2, 0) is 12.8 Å². The first-order valence-corrected chi connectivity index (χ1v) is 9.53. The molecular formula is C24H22F3NO3. The SMILES string of the molecule is COc1ccc(C(=O)Nc2ccc(C(F)(F)F)cc2)cc1COc1ccc(C)c(C)c1. The molecule has 0 radical (unpaired) electrons. The van der Waals surface area contributed by atoms with E-state index in [-0.39, 0.29) is 12.3 Å². The van der Waals surface area contributed by atoms with Crippen molar-refractivity contribution in [3.05, 3.63) is 88.5 Å². The second kappa shape index (κ2) is 9.12. The van der Waals surface area contributed by atoms with Crippen molar-refractivity contribution in [3.8, 4) is 11.5 Å². The zero-order valence-electron chi connectivity index (χ0n) is 17.3. The molecule has 0 bridgehead atoms. The summed E-state index contributed by atoms with van der Waals surface area (Å²) >= 11 is 0. The number of alkyl halides is 3. The molecule has 0 aliphatic carbocycles. The second-order valence-corrected chi connectivity index (χ2v) is 7.09. The number of ether oxygens (including phenoxy) is 2. The predicted octanol–water partition coefficient (Wildman–Crippen LogP) is 6.16. The molecule has 3 aromatic carbocycles. The summed E-state index contributed by atoms with van der Waals surface area (Å²) in [6, 6.07) is 14.9. The molecule has 0 spiro atoms. The van der Waals surface area contributed by atoms with Crippen LogP contribution in [0.4, 0.5) is 18.9 Å². The fraction of sp³-hybridized carbons (Fsp3) is 0.208. The number of amides is 1. The van der Waals surface area contributed by atoms with Crippen molar-refractivity contribution < 1.29 is 27.4 Å². The van der Waals surface area contributed by atoms with Crippen LogP contribution in [-0.4, -0.2) is 13.0 Å². The van der Waals surface area contributed by atoms with Crippen molar-refractivity contribution in [1.29, 1.82) is 0 Å². The molecule has 0 aromatic heterocycles. The Bertz CT molecular complexity index is 1080. The summed E-state index contributed by atoms with van der Waals surface area (Å²) in [7, 11) is 1.52. The Morgan fingerprint density at radius 2 is 1.65 bits per heavy atom. The molecule has 3 rings (SSSR count). The minimum atomic E-state index is -4.43. The van der Waals surface area contributed by atoms with Crippen molar-refractivity contribution in [3.63, 3.8) is 0 Å². The topological polar surface area (TPSA) is 47.6 Å². The largest absolute Gasteiger partial charge is 0.496 e. The molecular weight excluding hydrogens is 407 g/mol. The van der Waals surface area contributed by atoms with Gasteiger partial charge in [-0.15, -0.1) is 0 Å². The number of carbonyl (C=O) groups excluding carboxylic acids is 1. The van der Waals surface area contributed by atoms with Crippen molar-refractivity contribution >= 4 is 11.6 Å². The molecule has 0 atom stereocenters. The van der Waals surface area contributed by atoms with Gasteiger partial charge in [-0.2, -0.15) is 13.2 Å². The number of carbonyl (C=O) groups is 1. The lowest BCUT2D eigenvalue weighted by atomic mass is 10.1. The van der Waals surface area contributed by atoms with E-state index in [1.807, 2.05) is 32.0 Å². The molecule has 3 aromatic rings. The summed E-state index contributed by atoms with van der Waals surface area (Å²) in [6.45, 7) is 4.20. The molecule has 0 heterocycles. The number of hydrogen-bond donors (Lipinski definition) is 1. The lowest BCUT2D eigenvalue weighted by Crippen LogP contribution is -2.13. The normalized spacial score (nSPS) is 11.2. The predicted molar refractivity (Wildman–Crippen MR) is 113 cm³/mol. The molecule has 0 aliphatic rings. The van der Waals surface area contributed by atoms with Crippen molar-refractivity contribution in [2.75, 3.05) is 12.4 Å². The molecule has 4 nitrogen and oxygen atoms in total. The third kappa shape index (κ3) is 5.57.